The SMILES string of the molecule is Fc1ccc(C2=NN(c3ccccc3)C(/C=C/c3ccccc3)C2)cc1. The molecule has 3 aromatic carbocycles. The molecule has 1 heterocycles. The van der Waals surface area contributed by atoms with Crippen LogP contribution in [0, 0.1) is 5.82 Å². The summed E-state index contributed by atoms with van der Waals surface area (Å²) >= 11 is 0. The Kier molecular flexibility index (Phi) is 4.61. The van der Waals surface area contributed by atoms with Crippen molar-refractivity contribution in [3.63, 3.8) is 0 Å². The molecule has 0 radical (unpaired) electrons. The third-order valence-corrected chi connectivity index (χ3v) is 4.45. The van der Waals surface area contributed by atoms with E-state index in [1.807, 2.05) is 41.4 Å². The fraction of sp³-hybridized carbons (Fsp3) is 0.0870. The van der Waals surface area contributed by atoms with Gasteiger partial charge in [-0.1, -0.05) is 72.8 Å². The number of benzene rings is 3. The molecular weight excluding hydrogens is 323 g/mol. The molecule has 1 unspecified atom stereocenters. The predicted octanol–water partition coefficient (Wildman–Crippen LogP) is 5.52. The number of nitrogens with zero attached hydrogens (tertiary/aromatic N) is 2. The molecule has 26 heavy (non-hydrogen) atoms. The Labute approximate surface area is 152 Å². The summed E-state index contributed by atoms with van der Waals surface area (Å²) in [7, 11) is 0. The third-order valence-electron chi connectivity index (χ3n) is 4.45. The van der Waals surface area contributed by atoms with Gasteiger partial charge in [0.2, 0.25) is 0 Å². The molecule has 128 valence electrons. The van der Waals surface area contributed by atoms with Crippen LogP contribution < -0.4 is 5.01 Å². The van der Waals surface area contributed by atoms with Gasteiger partial charge in [0.15, 0.2) is 0 Å². The van der Waals surface area contributed by atoms with Gasteiger partial charge < -0.3 is 0 Å². The maximum absolute atomic E-state index is 13.2. The van der Waals surface area contributed by atoms with E-state index in [2.05, 4.69) is 36.4 Å². The average molecular weight is 342 g/mol. The monoisotopic (exact) mass is 342 g/mol. The predicted molar refractivity (Wildman–Crippen MR) is 106 cm³/mol. The Morgan fingerprint density at radius 2 is 1.50 bits per heavy atom. The smallest absolute Gasteiger partial charge is 0.123 e. The molecule has 0 saturated carbocycles. The van der Waals surface area contributed by atoms with Gasteiger partial charge in [0.25, 0.3) is 0 Å². The molecule has 0 amide bonds. The number of rotatable bonds is 4. The van der Waals surface area contributed by atoms with Crippen molar-refractivity contribution in [2.45, 2.75) is 12.5 Å². The first-order chi connectivity index (χ1) is 12.8. The van der Waals surface area contributed by atoms with Gasteiger partial charge in [-0.25, -0.2) is 4.39 Å². The normalized spacial score (nSPS) is 16.9. The Bertz CT molecular complexity index is 915. The Morgan fingerprint density at radius 3 is 2.19 bits per heavy atom. The fourth-order valence-electron chi connectivity index (χ4n) is 3.11. The summed E-state index contributed by atoms with van der Waals surface area (Å²) in [6, 6.07) is 27.1. The summed E-state index contributed by atoms with van der Waals surface area (Å²) in [5, 5.41) is 6.87. The number of hydrogen-bond acceptors (Lipinski definition) is 2. The average Bonchev–Trinajstić information content (AvgIpc) is 3.13. The van der Waals surface area contributed by atoms with E-state index in [0.717, 1.165) is 28.9 Å². The van der Waals surface area contributed by atoms with Crippen molar-refractivity contribution in [3.8, 4) is 0 Å². The lowest BCUT2D eigenvalue weighted by atomic mass is 10.0. The number of hydrazone groups is 1. The zero-order valence-electron chi connectivity index (χ0n) is 14.3. The van der Waals surface area contributed by atoms with Gasteiger partial charge in [-0.05, 0) is 35.4 Å². The molecule has 4 rings (SSSR count). The largest absolute Gasteiger partial charge is 0.258 e. The molecule has 1 aliphatic heterocycles. The van der Waals surface area contributed by atoms with Crippen molar-refractivity contribution in [1.82, 2.24) is 0 Å². The second-order valence-electron chi connectivity index (χ2n) is 6.27. The highest BCUT2D eigenvalue weighted by atomic mass is 19.1. The summed E-state index contributed by atoms with van der Waals surface area (Å²) in [6.07, 6.45) is 5.09. The second-order valence-corrected chi connectivity index (χ2v) is 6.27. The highest BCUT2D eigenvalue weighted by molar-refractivity contribution is 6.03. The maximum Gasteiger partial charge on any atom is 0.123 e. The van der Waals surface area contributed by atoms with Gasteiger partial charge in [-0.3, -0.25) is 5.01 Å². The van der Waals surface area contributed by atoms with Gasteiger partial charge in [0.05, 0.1) is 17.4 Å². The summed E-state index contributed by atoms with van der Waals surface area (Å²) in [6.45, 7) is 0. The van der Waals surface area contributed by atoms with Crippen molar-refractivity contribution in [3.05, 3.63) is 108 Å². The van der Waals surface area contributed by atoms with Crippen molar-refractivity contribution >= 4 is 17.5 Å². The Balaban J connectivity index is 1.65. The first kappa shape index (κ1) is 16.3. The van der Waals surface area contributed by atoms with Crippen molar-refractivity contribution in [2.75, 3.05) is 5.01 Å². The molecule has 0 fully saturated rings. The molecular formula is C23H19FN2. The van der Waals surface area contributed by atoms with Crippen LogP contribution >= 0.6 is 0 Å². The van der Waals surface area contributed by atoms with Gasteiger partial charge in [0, 0.05) is 6.42 Å². The van der Waals surface area contributed by atoms with Crippen LogP contribution in [0.1, 0.15) is 17.5 Å². The quantitative estimate of drug-likeness (QED) is 0.609. The lowest BCUT2D eigenvalue weighted by Gasteiger charge is -2.20. The molecule has 0 aliphatic carbocycles. The first-order valence-electron chi connectivity index (χ1n) is 8.70. The molecule has 3 aromatic rings. The minimum Gasteiger partial charge on any atom is -0.258 e. The standard InChI is InChI=1S/C23H19FN2/c24-20-14-12-19(13-15-20)23-17-22(16-11-18-7-3-1-4-8-18)26(25-23)21-9-5-2-6-10-21/h1-16,22H,17H2/b16-11+. The zero-order valence-corrected chi connectivity index (χ0v) is 14.3. The van der Waals surface area contributed by atoms with E-state index in [4.69, 9.17) is 5.10 Å². The van der Waals surface area contributed by atoms with Crippen molar-refractivity contribution < 1.29 is 4.39 Å². The number of anilines is 1. The lowest BCUT2D eigenvalue weighted by molar-refractivity contribution is 0.628. The third kappa shape index (κ3) is 3.57. The maximum atomic E-state index is 13.2. The molecule has 0 N–H and O–H groups in total. The number of para-hydroxylation sites is 1. The molecule has 3 heteroatoms. The molecule has 2 nitrogen and oxygen atoms in total. The van der Waals surface area contributed by atoms with E-state index in [1.165, 1.54) is 12.1 Å². The molecule has 1 aliphatic rings. The van der Waals surface area contributed by atoms with E-state index in [9.17, 15) is 4.39 Å². The Hall–Kier alpha value is -3.20. The second kappa shape index (κ2) is 7.36. The van der Waals surface area contributed by atoms with Crippen LogP contribution in [-0.4, -0.2) is 11.8 Å². The van der Waals surface area contributed by atoms with Crippen molar-refractivity contribution in [1.29, 1.82) is 0 Å². The van der Waals surface area contributed by atoms with Crippen molar-refractivity contribution in [2.24, 2.45) is 5.10 Å². The van der Waals surface area contributed by atoms with Crippen LogP contribution in [0.3, 0.4) is 0 Å². The first-order valence-corrected chi connectivity index (χ1v) is 8.70. The van der Waals surface area contributed by atoms with Crippen LogP contribution in [0.15, 0.2) is 96.1 Å². The van der Waals surface area contributed by atoms with Gasteiger partial charge in [-0.2, -0.15) is 5.10 Å². The van der Waals surface area contributed by atoms with E-state index >= 15 is 0 Å². The highest BCUT2D eigenvalue weighted by Crippen LogP contribution is 2.28. The summed E-state index contributed by atoms with van der Waals surface area (Å²) in [5.74, 6) is -0.229. The summed E-state index contributed by atoms with van der Waals surface area (Å²) in [5.41, 5.74) is 4.14. The van der Waals surface area contributed by atoms with Crippen LogP contribution in [-0.2, 0) is 0 Å². The fourth-order valence-corrected chi connectivity index (χ4v) is 3.11. The molecule has 0 saturated heterocycles. The van der Waals surface area contributed by atoms with Crippen LogP contribution in [0.5, 0.6) is 0 Å². The van der Waals surface area contributed by atoms with Crippen LogP contribution in [0.25, 0.3) is 6.08 Å². The number of halogens is 1. The molecule has 0 bridgehead atoms. The zero-order chi connectivity index (χ0) is 17.8. The Morgan fingerprint density at radius 1 is 0.846 bits per heavy atom. The molecule has 0 spiro atoms. The van der Waals surface area contributed by atoms with Gasteiger partial charge >= 0.3 is 0 Å². The lowest BCUT2D eigenvalue weighted by Crippen LogP contribution is -2.23. The van der Waals surface area contributed by atoms with Gasteiger partial charge in [0.1, 0.15) is 5.82 Å². The minimum absolute atomic E-state index is 0.123. The van der Waals surface area contributed by atoms with E-state index < -0.39 is 0 Å². The van der Waals surface area contributed by atoms with Crippen LogP contribution in [0.4, 0.5) is 10.1 Å². The topological polar surface area (TPSA) is 15.6 Å². The molecule has 1 atom stereocenters. The summed E-state index contributed by atoms with van der Waals surface area (Å²) in [4.78, 5) is 0. The van der Waals surface area contributed by atoms with Crippen LogP contribution in [0.2, 0.25) is 0 Å². The molecule has 0 aromatic heterocycles. The van der Waals surface area contributed by atoms with Gasteiger partial charge in [-0.15, -0.1) is 0 Å². The summed E-state index contributed by atoms with van der Waals surface area (Å²) < 4.78 is 13.2. The number of hydrogen-bond donors (Lipinski definition) is 0. The van der Waals surface area contributed by atoms with E-state index in [-0.39, 0.29) is 11.9 Å². The van der Waals surface area contributed by atoms with E-state index in [0.29, 0.717) is 0 Å². The minimum atomic E-state index is -0.229. The van der Waals surface area contributed by atoms with E-state index in [1.54, 1.807) is 12.1 Å². The highest BCUT2D eigenvalue weighted by Gasteiger charge is 2.26.